The Bertz CT molecular complexity index is 527. The van der Waals surface area contributed by atoms with Crippen molar-refractivity contribution in [1.29, 1.82) is 0 Å². The Kier molecular flexibility index (Phi) is 5.34. The summed E-state index contributed by atoms with van der Waals surface area (Å²) in [5, 5.41) is 1.47. The lowest BCUT2D eigenvalue weighted by Crippen LogP contribution is -2.60. The van der Waals surface area contributed by atoms with E-state index in [2.05, 4.69) is 5.32 Å². The summed E-state index contributed by atoms with van der Waals surface area (Å²) in [5.41, 5.74) is 0. The van der Waals surface area contributed by atoms with E-state index in [1.165, 1.54) is 0 Å². The summed E-state index contributed by atoms with van der Waals surface area (Å²) >= 11 is 5.39. The van der Waals surface area contributed by atoms with Gasteiger partial charge in [-0.25, -0.2) is 12.8 Å². The maximum absolute atomic E-state index is 13.9. The van der Waals surface area contributed by atoms with E-state index in [0.717, 1.165) is 4.31 Å². The summed E-state index contributed by atoms with van der Waals surface area (Å²) in [7, 11) is -3.89. The molecule has 0 aromatic carbocycles. The van der Waals surface area contributed by atoms with Crippen LogP contribution in [-0.4, -0.2) is 60.8 Å². The van der Waals surface area contributed by atoms with Crippen LogP contribution in [0.15, 0.2) is 0 Å². The zero-order valence-electron chi connectivity index (χ0n) is 11.4. The summed E-state index contributed by atoms with van der Waals surface area (Å²) in [5.74, 6) is -1.35. The molecule has 3 atom stereocenters. The van der Waals surface area contributed by atoms with Crippen LogP contribution in [0.4, 0.5) is 4.39 Å². The van der Waals surface area contributed by atoms with Crippen LogP contribution in [0, 0.1) is 0 Å². The number of sulfonamides is 1. The molecule has 120 valence electrons. The first-order chi connectivity index (χ1) is 9.87. The quantitative estimate of drug-likeness (QED) is 0.584. The van der Waals surface area contributed by atoms with E-state index in [4.69, 9.17) is 11.6 Å². The van der Waals surface area contributed by atoms with Crippen molar-refractivity contribution in [2.45, 2.75) is 43.1 Å². The number of hydrogen-bond acceptors (Lipinski definition) is 5. The van der Waals surface area contributed by atoms with Gasteiger partial charge in [0.2, 0.25) is 10.0 Å². The number of carbonyl (C=O) groups is 2. The van der Waals surface area contributed by atoms with Crippen molar-refractivity contribution in [2.24, 2.45) is 0 Å². The molecule has 0 aromatic rings. The van der Waals surface area contributed by atoms with Gasteiger partial charge in [-0.1, -0.05) is 12.8 Å². The number of rotatable bonds is 4. The fourth-order valence-electron chi connectivity index (χ4n) is 2.76. The predicted octanol–water partition coefficient (Wildman–Crippen LogP) is 0.205. The van der Waals surface area contributed by atoms with E-state index in [1.54, 1.807) is 0 Å². The van der Waals surface area contributed by atoms with Crippen molar-refractivity contribution >= 4 is 33.2 Å². The van der Waals surface area contributed by atoms with Gasteiger partial charge in [0.15, 0.2) is 11.6 Å². The van der Waals surface area contributed by atoms with Crippen molar-refractivity contribution in [3.05, 3.63) is 0 Å². The standard InChI is InChI=1S/C12H18ClFN2O4S/c13-5-9(17)12-10(18)6-16(7-15-12)21(19,20)11-4-2-1-3-8(11)14/h8,11-12,15H,1-7H2. The summed E-state index contributed by atoms with van der Waals surface area (Å²) in [6.45, 7) is -0.587. The summed E-state index contributed by atoms with van der Waals surface area (Å²) < 4.78 is 39.6. The molecule has 3 unspecified atom stereocenters. The summed E-state index contributed by atoms with van der Waals surface area (Å²) in [6, 6.07) is -1.07. The fourth-order valence-corrected chi connectivity index (χ4v) is 4.83. The monoisotopic (exact) mass is 340 g/mol. The van der Waals surface area contributed by atoms with Crippen molar-refractivity contribution < 1.29 is 22.4 Å². The lowest BCUT2D eigenvalue weighted by molar-refractivity contribution is -0.130. The Morgan fingerprint density at radius 3 is 2.62 bits per heavy atom. The van der Waals surface area contributed by atoms with Gasteiger partial charge in [-0.15, -0.1) is 11.6 Å². The highest BCUT2D eigenvalue weighted by molar-refractivity contribution is 7.89. The van der Waals surface area contributed by atoms with Gasteiger partial charge in [0, 0.05) is 0 Å². The Hall–Kier alpha value is -0.570. The zero-order valence-corrected chi connectivity index (χ0v) is 13.0. The maximum Gasteiger partial charge on any atom is 0.221 e. The van der Waals surface area contributed by atoms with Crippen molar-refractivity contribution in [2.75, 3.05) is 19.1 Å². The molecule has 1 aliphatic carbocycles. The molecule has 2 rings (SSSR count). The zero-order chi connectivity index (χ0) is 15.6. The molecule has 0 aromatic heterocycles. The Balaban J connectivity index is 2.09. The first-order valence-corrected chi connectivity index (χ1v) is 8.89. The van der Waals surface area contributed by atoms with E-state index < -0.39 is 45.6 Å². The van der Waals surface area contributed by atoms with Crippen molar-refractivity contribution in [1.82, 2.24) is 9.62 Å². The normalized spacial score (nSPS) is 32.1. The molecule has 6 nitrogen and oxygen atoms in total. The Morgan fingerprint density at radius 1 is 1.38 bits per heavy atom. The van der Waals surface area contributed by atoms with Gasteiger partial charge in [0.1, 0.15) is 17.5 Å². The smallest absolute Gasteiger partial charge is 0.221 e. The molecule has 0 radical (unpaired) electrons. The molecule has 0 bridgehead atoms. The van der Waals surface area contributed by atoms with Gasteiger partial charge in [0.05, 0.1) is 19.1 Å². The third-order valence-electron chi connectivity index (χ3n) is 3.94. The van der Waals surface area contributed by atoms with Gasteiger partial charge < -0.3 is 0 Å². The number of hydrogen-bond donors (Lipinski definition) is 1. The molecule has 0 amide bonds. The molecule has 1 saturated heterocycles. The SMILES string of the molecule is O=C(CCl)C1NCN(S(=O)(=O)C2CCCCC2F)CC1=O. The second kappa shape index (κ2) is 6.68. The molecule has 2 fully saturated rings. The van der Waals surface area contributed by atoms with Crippen molar-refractivity contribution in [3.8, 4) is 0 Å². The van der Waals surface area contributed by atoms with Crippen LogP contribution >= 0.6 is 11.6 Å². The lowest BCUT2D eigenvalue weighted by Gasteiger charge is -2.35. The molecule has 1 N–H and O–H groups in total. The van der Waals surface area contributed by atoms with E-state index in [9.17, 15) is 22.4 Å². The summed E-state index contributed by atoms with van der Waals surface area (Å²) in [6.07, 6.45) is 0.426. The van der Waals surface area contributed by atoms with Crippen LogP contribution in [0.1, 0.15) is 25.7 Å². The number of carbonyl (C=O) groups excluding carboxylic acids is 2. The van der Waals surface area contributed by atoms with Gasteiger partial charge in [0.25, 0.3) is 0 Å². The highest BCUT2D eigenvalue weighted by Gasteiger charge is 2.43. The Morgan fingerprint density at radius 2 is 2.05 bits per heavy atom. The number of alkyl halides is 2. The first-order valence-electron chi connectivity index (χ1n) is 6.85. The molecular formula is C12H18ClFN2O4S. The third kappa shape index (κ3) is 3.44. The highest BCUT2D eigenvalue weighted by Crippen LogP contribution is 2.29. The van der Waals surface area contributed by atoms with Crippen LogP contribution in [0.2, 0.25) is 0 Å². The summed E-state index contributed by atoms with van der Waals surface area (Å²) in [4.78, 5) is 23.3. The van der Waals surface area contributed by atoms with Crippen LogP contribution in [0.5, 0.6) is 0 Å². The number of nitrogens with one attached hydrogen (secondary N) is 1. The molecule has 21 heavy (non-hydrogen) atoms. The largest absolute Gasteiger partial charge is 0.296 e. The van der Waals surface area contributed by atoms with E-state index in [0.29, 0.717) is 12.8 Å². The van der Waals surface area contributed by atoms with Gasteiger partial charge in [-0.2, -0.15) is 4.31 Å². The molecule has 1 saturated carbocycles. The number of Topliss-reactive ketones (excluding diaryl/α,β-unsaturated/α-hetero) is 2. The number of ketones is 2. The van der Waals surface area contributed by atoms with Gasteiger partial charge in [-0.3, -0.25) is 14.9 Å². The second-order valence-corrected chi connectivity index (χ2v) is 7.77. The van der Waals surface area contributed by atoms with Gasteiger partial charge >= 0.3 is 0 Å². The van der Waals surface area contributed by atoms with Crippen molar-refractivity contribution in [3.63, 3.8) is 0 Å². The minimum atomic E-state index is -3.89. The molecule has 1 aliphatic heterocycles. The average molecular weight is 341 g/mol. The maximum atomic E-state index is 13.9. The molecule has 1 heterocycles. The van der Waals surface area contributed by atoms with Gasteiger partial charge in [-0.05, 0) is 12.8 Å². The van der Waals surface area contributed by atoms with E-state index in [1.807, 2.05) is 0 Å². The fraction of sp³-hybridized carbons (Fsp3) is 0.833. The Labute approximate surface area is 128 Å². The molecule has 9 heteroatoms. The van der Waals surface area contributed by atoms with E-state index >= 15 is 0 Å². The highest BCUT2D eigenvalue weighted by atomic mass is 35.5. The number of nitrogens with zero attached hydrogens (tertiary/aromatic N) is 1. The second-order valence-electron chi connectivity index (χ2n) is 5.36. The minimum Gasteiger partial charge on any atom is -0.296 e. The average Bonchev–Trinajstić information content (AvgIpc) is 2.46. The van der Waals surface area contributed by atoms with Crippen LogP contribution in [0.25, 0.3) is 0 Å². The molecule has 2 aliphatic rings. The lowest BCUT2D eigenvalue weighted by atomic mass is 9.98. The van der Waals surface area contributed by atoms with Crippen LogP contribution in [-0.2, 0) is 19.6 Å². The third-order valence-corrected chi connectivity index (χ3v) is 6.48. The van der Waals surface area contributed by atoms with Crippen LogP contribution in [0.3, 0.4) is 0 Å². The molecular weight excluding hydrogens is 323 g/mol. The predicted molar refractivity (Wildman–Crippen MR) is 75.3 cm³/mol. The van der Waals surface area contributed by atoms with E-state index in [-0.39, 0.29) is 25.4 Å². The first kappa shape index (κ1) is 16.8. The number of halogens is 2. The molecule has 0 spiro atoms. The topological polar surface area (TPSA) is 83.6 Å². The minimum absolute atomic E-state index is 0.176. The van der Waals surface area contributed by atoms with Crippen LogP contribution < -0.4 is 5.32 Å².